The van der Waals surface area contributed by atoms with Gasteiger partial charge >= 0.3 is 0 Å². The normalized spacial score (nSPS) is 15.7. The van der Waals surface area contributed by atoms with Crippen molar-refractivity contribution in [1.82, 2.24) is 4.98 Å². The predicted molar refractivity (Wildman–Crippen MR) is 89.4 cm³/mol. The number of benzene rings is 1. The van der Waals surface area contributed by atoms with Crippen molar-refractivity contribution in [3.8, 4) is 5.75 Å². The van der Waals surface area contributed by atoms with Crippen molar-refractivity contribution in [3.05, 3.63) is 30.1 Å². The van der Waals surface area contributed by atoms with Crippen molar-refractivity contribution in [2.45, 2.75) is 39.0 Å². The SMILES string of the molecule is CC/C(=C/F)COc1ccc2nc(NCCC3CCC3)oc2c1. The Bertz CT molecular complexity index is 677. The molecule has 1 aliphatic rings. The number of anilines is 1. The van der Waals surface area contributed by atoms with Gasteiger partial charge in [-0.2, -0.15) is 4.98 Å². The predicted octanol–water partition coefficient (Wildman–Crippen LogP) is 5.07. The van der Waals surface area contributed by atoms with E-state index in [1.54, 1.807) is 6.07 Å². The van der Waals surface area contributed by atoms with E-state index in [9.17, 15) is 4.39 Å². The highest BCUT2D eigenvalue weighted by Crippen LogP contribution is 2.29. The summed E-state index contributed by atoms with van der Waals surface area (Å²) in [6, 6.07) is 6.03. The second kappa shape index (κ2) is 7.49. The van der Waals surface area contributed by atoms with Gasteiger partial charge in [-0.15, -0.1) is 0 Å². The van der Waals surface area contributed by atoms with Crippen LogP contribution in [-0.2, 0) is 0 Å². The van der Waals surface area contributed by atoms with Crippen molar-refractivity contribution in [2.75, 3.05) is 18.5 Å². The lowest BCUT2D eigenvalue weighted by atomic mass is 9.83. The van der Waals surface area contributed by atoms with Gasteiger partial charge in [-0.05, 0) is 36.5 Å². The van der Waals surface area contributed by atoms with Crippen LogP contribution in [0.3, 0.4) is 0 Å². The first-order chi connectivity index (χ1) is 11.3. The van der Waals surface area contributed by atoms with Gasteiger partial charge in [0, 0.05) is 12.6 Å². The van der Waals surface area contributed by atoms with E-state index in [0.717, 1.165) is 18.0 Å². The Labute approximate surface area is 135 Å². The molecule has 0 unspecified atom stereocenters. The third kappa shape index (κ3) is 4.03. The van der Waals surface area contributed by atoms with Gasteiger partial charge < -0.3 is 14.5 Å². The van der Waals surface area contributed by atoms with Crippen LogP contribution in [0.4, 0.5) is 10.4 Å². The molecular formula is C18H23FN2O2. The van der Waals surface area contributed by atoms with E-state index >= 15 is 0 Å². The van der Waals surface area contributed by atoms with Gasteiger partial charge in [0.2, 0.25) is 0 Å². The highest BCUT2D eigenvalue weighted by atomic mass is 19.1. The van der Waals surface area contributed by atoms with Gasteiger partial charge in [-0.1, -0.05) is 26.2 Å². The number of ether oxygens (including phenoxy) is 1. The molecule has 1 heterocycles. The maximum absolute atomic E-state index is 12.5. The summed E-state index contributed by atoms with van der Waals surface area (Å²) in [6.07, 6.45) is 6.48. The van der Waals surface area contributed by atoms with Crippen molar-refractivity contribution in [1.29, 1.82) is 0 Å². The number of nitrogens with one attached hydrogen (secondary N) is 1. The highest BCUT2D eigenvalue weighted by molar-refractivity contribution is 5.76. The minimum absolute atomic E-state index is 0.249. The van der Waals surface area contributed by atoms with Gasteiger partial charge in [-0.3, -0.25) is 0 Å². The smallest absolute Gasteiger partial charge is 0.295 e. The molecule has 1 saturated carbocycles. The Kier molecular flexibility index (Phi) is 5.16. The number of oxazole rings is 1. The lowest BCUT2D eigenvalue weighted by Crippen LogP contribution is -2.15. The molecule has 1 aromatic carbocycles. The van der Waals surface area contributed by atoms with Crippen LogP contribution < -0.4 is 10.1 Å². The molecule has 5 heteroatoms. The fraction of sp³-hybridized carbons (Fsp3) is 0.500. The van der Waals surface area contributed by atoms with Crippen molar-refractivity contribution < 1.29 is 13.5 Å². The first-order valence-corrected chi connectivity index (χ1v) is 8.34. The van der Waals surface area contributed by atoms with Crippen LogP contribution in [0.5, 0.6) is 5.75 Å². The average Bonchev–Trinajstić information content (AvgIpc) is 2.92. The van der Waals surface area contributed by atoms with Gasteiger partial charge in [0.05, 0.1) is 6.33 Å². The van der Waals surface area contributed by atoms with Crippen LogP contribution in [0.25, 0.3) is 11.1 Å². The molecule has 0 saturated heterocycles. The molecule has 23 heavy (non-hydrogen) atoms. The summed E-state index contributed by atoms with van der Waals surface area (Å²) in [5, 5.41) is 3.24. The monoisotopic (exact) mass is 318 g/mol. The molecule has 1 fully saturated rings. The number of hydrogen-bond acceptors (Lipinski definition) is 4. The lowest BCUT2D eigenvalue weighted by Gasteiger charge is -2.24. The quantitative estimate of drug-likeness (QED) is 0.738. The summed E-state index contributed by atoms with van der Waals surface area (Å²) in [4.78, 5) is 4.42. The Morgan fingerprint density at radius 1 is 1.48 bits per heavy atom. The van der Waals surface area contributed by atoms with Gasteiger partial charge in [-0.25, -0.2) is 4.39 Å². The zero-order chi connectivity index (χ0) is 16.1. The summed E-state index contributed by atoms with van der Waals surface area (Å²) >= 11 is 0. The van der Waals surface area contributed by atoms with E-state index < -0.39 is 0 Å². The molecule has 0 spiro atoms. The molecule has 3 rings (SSSR count). The van der Waals surface area contributed by atoms with E-state index in [-0.39, 0.29) is 6.61 Å². The highest BCUT2D eigenvalue weighted by Gasteiger charge is 2.16. The molecule has 124 valence electrons. The summed E-state index contributed by atoms with van der Waals surface area (Å²) in [5.74, 6) is 1.52. The third-order valence-electron chi connectivity index (χ3n) is 4.45. The van der Waals surface area contributed by atoms with Crippen molar-refractivity contribution >= 4 is 17.1 Å². The molecule has 1 aromatic heterocycles. The molecular weight excluding hydrogens is 295 g/mol. The summed E-state index contributed by atoms with van der Waals surface area (Å²) in [7, 11) is 0. The van der Waals surface area contributed by atoms with Crippen molar-refractivity contribution in [3.63, 3.8) is 0 Å². The van der Waals surface area contributed by atoms with E-state index in [1.807, 2.05) is 19.1 Å². The Morgan fingerprint density at radius 2 is 2.35 bits per heavy atom. The average molecular weight is 318 g/mol. The summed E-state index contributed by atoms with van der Waals surface area (Å²) in [5.41, 5.74) is 2.09. The number of rotatable bonds is 8. The third-order valence-corrected chi connectivity index (χ3v) is 4.45. The second-order valence-electron chi connectivity index (χ2n) is 6.07. The first-order valence-electron chi connectivity index (χ1n) is 8.34. The Hall–Kier alpha value is -2.04. The summed E-state index contributed by atoms with van der Waals surface area (Å²) in [6.45, 7) is 3.04. The number of halogens is 1. The molecule has 4 nitrogen and oxygen atoms in total. The molecule has 1 N–H and O–H groups in total. The van der Waals surface area contributed by atoms with Crippen LogP contribution in [0.2, 0.25) is 0 Å². The zero-order valence-electron chi connectivity index (χ0n) is 13.5. The number of nitrogens with zero attached hydrogens (tertiary/aromatic N) is 1. The standard InChI is InChI=1S/C18H23FN2O2/c1-2-13(11-19)12-22-15-6-7-16-17(10-15)23-18(21-16)20-9-8-14-4-3-5-14/h6-7,10-11,14H,2-5,8-9,12H2,1H3,(H,20,21)/b13-11-. The molecule has 0 radical (unpaired) electrons. The Morgan fingerprint density at radius 3 is 3.04 bits per heavy atom. The number of hydrogen-bond donors (Lipinski definition) is 1. The maximum atomic E-state index is 12.5. The minimum Gasteiger partial charge on any atom is -0.489 e. The van der Waals surface area contributed by atoms with E-state index in [0.29, 0.717) is 35.7 Å². The molecule has 0 bridgehead atoms. The molecule has 0 aliphatic heterocycles. The maximum Gasteiger partial charge on any atom is 0.295 e. The topological polar surface area (TPSA) is 47.3 Å². The largest absolute Gasteiger partial charge is 0.489 e. The van der Waals surface area contributed by atoms with E-state index in [4.69, 9.17) is 9.15 Å². The number of aromatic nitrogens is 1. The summed E-state index contributed by atoms with van der Waals surface area (Å²) < 4.78 is 23.8. The van der Waals surface area contributed by atoms with Crippen LogP contribution in [0, 0.1) is 5.92 Å². The van der Waals surface area contributed by atoms with Gasteiger partial charge in [0.1, 0.15) is 17.9 Å². The molecule has 0 amide bonds. The Balaban J connectivity index is 1.58. The van der Waals surface area contributed by atoms with Crippen LogP contribution in [0.1, 0.15) is 39.0 Å². The van der Waals surface area contributed by atoms with Crippen LogP contribution in [0.15, 0.2) is 34.5 Å². The van der Waals surface area contributed by atoms with Gasteiger partial charge in [0.25, 0.3) is 6.01 Å². The van der Waals surface area contributed by atoms with Gasteiger partial charge in [0.15, 0.2) is 5.58 Å². The van der Waals surface area contributed by atoms with E-state index in [2.05, 4.69) is 10.3 Å². The molecule has 0 atom stereocenters. The zero-order valence-corrected chi connectivity index (χ0v) is 13.5. The fourth-order valence-corrected chi connectivity index (χ4v) is 2.62. The first kappa shape index (κ1) is 15.8. The van der Waals surface area contributed by atoms with Crippen LogP contribution >= 0.6 is 0 Å². The van der Waals surface area contributed by atoms with Crippen LogP contribution in [-0.4, -0.2) is 18.1 Å². The lowest BCUT2D eigenvalue weighted by molar-refractivity contribution is 0.302. The second-order valence-corrected chi connectivity index (χ2v) is 6.07. The van der Waals surface area contributed by atoms with Crippen molar-refractivity contribution in [2.24, 2.45) is 5.92 Å². The molecule has 1 aliphatic carbocycles. The minimum atomic E-state index is 0.249. The molecule has 2 aromatic rings. The fourth-order valence-electron chi connectivity index (χ4n) is 2.62. The van der Waals surface area contributed by atoms with E-state index in [1.165, 1.54) is 25.7 Å². The number of fused-ring (bicyclic) bond motifs is 1.